The molecule has 0 spiro atoms. The predicted molar refractivity (Wildman–Crippen MR) is 75.2 cm³/mol. The van der Waals surface area contributed by atoms with E-state index in [0.717, 1.165) is 16.7 Å². The Kier molecular flexibility index (Phi) is 4.23. The van der Waals surface area contributed by atoms with Crippen molar-refractivity contribution in [3.05, 3.63) is 40.5 Å². The first kappa shape index (κ1) is 14.3. The van der Waals surface area contributed by atoms with Crippen LogP contribution in [0.25, 0.3) is 6.08 Å². The third-order valence-electron chi connectivity index (χ3n) is 3.21. The maximum absolute atomic E-state index is 12.1. The molecule has 0 amide bonds. The summed E-state index contributed by atoms with van der Waals surface area (Å²) in [6.07, 6.45) is 1.72. The summed E-state index contributed by atoms with van der Waals surface area (Å²) in [6, 6.07) is 5.75. The zero-order valence-corrected chi connectivity index (χ0v) is 11.9. The van der Waals surface area contributed by atoms with E-state index in [1.165, 1.54) is 0 Å². The molecule has 0 saturated carbocycles. The first-order chi connectivity index (χ1) is 9.58. The Bertz CT molecular complexity index is 572. The smallest absolute Gasteiger partial charge is 0.335 e. The van der Waals surface area contributed by atoms with Crippen molar-refractivity contribution in [3.63, 3.8) is 0 Å². The second-order valence-corrected chi connectivity index (χ2v) is 4.64. The van der Waals surface area contributed by atoms with E-state index in [0.29, 0.717) is 5.57 Å². The fourth-order valence-corrected chi connectivity index (χ4v) is 2.37. The Morgan fingerprint density at radius 1 is 1.15 bits per heavy atom. The molecule has 1 aliphatic carbocycles. The normalized spacial score (nSPS) is 16.4. The number of fused-ring (bicyclic) bond motifs is 1. The van der Waals surface area contributed by atoms with Crippen LogP contribution in [-0.2, 0) is 19.1 Å². The molecule has 1 aliphatic rings. The second kappa shape index (κ2) is 5.90. The molecule has 0 aliphatic heterocycles. The monoisotopic (exact) mass is 274 g/mol. The second-order valence-electron chi connectivity index (χ2n) is 4.64. The Morgan fingerprint density at radius 3 is 2.50 bits per heavy atom. The molecule has 20 heavy (non-hydrogen) atoms. The van der Waals surface area contributed by atoms with Crippen LogP contribution in [0.15, 0.2) is 23.8 Å². The third-order valence-corrected chi connectivity index (χ3v) is 3.21. The van der Waals surface area contributed by atoms with Gasteiger partial charge in [0.1, 0.15) is 5.92 Å². The van der Waals surface area contributed by atoms with Crippen molar-refractivity contribution in [1.29, 1.82) is 0 Å². The highest BCUT2D eigenvalue weighted by atomic mass is 16.5. The molecule has 0 heterocycles. The first-order valence-corrected chi connectivity index (χ1v) is 6.74. The lowest BCUT2D eigenvalue weighted by Gasteiger charge is -2.14. The summed E-state index contributed by atoms with van der Waals surface area (Å²) in [6.45, 7) is 6.02. The number of ether oxygens (including phenoxy) is 2. The number of aryl methyl sites for hydroxylation is 1. The molecule has 0 aromatic heterocycles. The largest absolute Gasteiger partial charge is 0.465 e. The van der Waals surface area contributed by atoms with Crippen LogP contribution >= 0.6 is 0 Å². The average Bonchev–Trinajstić information content (AvgIpc) is 2.77. The van der Waals surface area contributed by atoms with Crippen molar-refractivity contribution in [3.8, 4) is 0 Å². The van der Waals surface area contributed by atoms with Crippen molar-refractivity contribution in [1.82, 2.24) is 0 Å². The fourth-order valence-electron chi connectivity index (χ4n) is 2.37. The van der Waals surface area contributed by atoms with Crippen LogP contribution in [0.5, 0.6) is 0 Å². The molecular formula is C16H18O4. The van der Waals surface area contributed by atoms with Crippen LogP contribution < -0.4 is 0 Å². The molecule has 0 bridgehead atoms. The van der Waals surface area contributed by atoms with Gasteiger partial charge in [-0.1, -0.05) is 23.8 Å². The molecular weight excluding hydrogens is 256 g/mol. The van der Waals surface area contributed by atoms with Gasteiger partial charge in [-0.25, -0.2) is 4.79 Å². The van der Waals surface area contributed by atoms with Crippen molar-refractivity contribution in [2.75, 3.05) is 13.2 Å². The zero-order chi connectivity index (χ0) is 14.7. The molecule has 1 atom stereocenters. The third kappa shape index (κ3) is 2.59. The van der Waals surface area contributed by atoms with Crippen LogP contribution in [0.1, 0.15) is 36.5 Å². The lowest BCUT2D eigenvalue weighted by molar-refractivity contribution is -0.147. The lowest BCUT2D eigenvalue weighted by Crippen LogP contribution is -2.21. The van der Waals surface area contributed by atoms with Crippen molar-refractivity contribution < 1.29 is 19.1 Å². The van der Waals surface area contributed by atoms with E-state index in [4.69, 9.17) is 9.47 Å². The zero-order valence-electron chi connectivity index (χ0n) is 11.9. The number of benzene rings is 1. The summed E-state index contributed by atoms with van der Waals surface area (Å²) >= 11 is 0. The van der Waals surface area contributed by atoms with Gasteiger partial charge in [0.25, 0.3) is 0 Å². The molecule has 4 nitrogen and oxygen atoms in total. The van der Waals surface area contributed by atoms with Gasteiger partial charge in [-0.15, -0.1) is 0 Å². The molecule has 4 heteroatoms. The number of carbonyl (C=O) groups excluding carboxylic acids is 2. The minimum atomic E-state index is -0.676. The Balaban J connectivity index is 2.42. The molecule has 0 N–H and O–H groups in total. The molecule has 1 aromatic carbocycles. The first-order valence-electron chi connectivity index (χ1n) is 6.74. The highest BCUT2D eigenvalue weighted by Crippen LogP contribution is 2.38. The standard InChI is InChI=1S/C16H18O4/c1-4-19-15(17)13-9-11-8-10(3)6-7-12(11)14(13)16(18)20-5-2/h6-9,14H,4-5H2,1-3H3. The van der Waals surface area contributed by atoms with E-state index in [9.17, 15) is 9.59 Å². The summed E-state index contributed by atoms with van der Waals surface area (Å²) in [4.78, 5) is 24.2. The SMILES string of the molecule is CCOC(=O)C1=Cc2cc(C)ccc2C1C(=O)OCC. The average molecular weight is 274 g/mol. The molecule has 0 saturated heterocycles. The maximum Gasteiger partial charge on any atom is 0.335 e. The highest BCUT2D eigenvalue weighted by Gasteiger charge is 2.37. The fraction of sp³-hybridized carbons (Fsp3) is 0.375. The van der Waals surface area contributed by atoms with Crippen LogP contribution in [0.3, 0.4) is 0 Å². The van der Waals surface area contributed by atoms with Gasteiger partial charge in [0, 0.05) is 0 Å². The van der Waals surface area contributed by atoms with Gasteiger partial charge in [0.2, 0.25) is 0 Å². The highest BCUT2D eigenvalue weighted by molar-refractivity contribution is 6.05. The van der Waals surface area contributed by atoms with Crippen LogP contribution in [-0.4, -0.2) is 25.2 Å². The Hall–Kier alpha value is -2.10. The number of hydrogen-bond donors (Lipinski definition) is 0. The number of hydrogen-bond acceptors (Lipinski definition) is 4. The molecule has 0 fully saturated rings. The Labute approximate surface area is 118 Å². The van der Waals surface area contributed by atoms with E-state index in [1.54, 1.807) is 19.9 Å². The van der Waals surface area contributed by atoms with Gasteiger partial charge >= 0.3 is 11.9 Å². The van der Waals surface area contributed by atoms with Gasteiger partial charge in [0.15, 0.2) is 0 Å². The summed E-state index contributed by atoms with van der Waals surface area (Å²) in [5, 5.41) is 0. The molecule has 0 radical (unpaired) electrons. The van der Waals surface area contributed by atoms with Crippen LogP contribution in [0.2, 0.25) is 0 Å². The van der Waals surface area contributed by atoms with Gasteiger partial charge < -0.3 is 9.47 Å². The quantitative estimate of drug-likeness (QED) is 0.792. The molecule has 2 rings (SSSR count). The van der Waals surface area contributed by atoms with E-state index in [2.05, 4.69) is 0 Å². The summed E-state index contributed by atoms with van der Waals surface area (Å²) in [5.41, 5.74) is 3.11. The summed E-state index contributed by atoms with van der Waals surface area (Å²) in [7, 11) is 0. The van der Waals surface area contributed by atoms with E-state index in [1.807, 2.05) is 25.1 Å². The van der Waals surface area contributed by atoms with E-state index >= 15 is 0 Å². The number of rotatable bonds is 4. The summed E-state index contributed by atoms with van der Waals surface area (Å²) in [5.74, 6) is -1.54. The van der Waals surface area contributed by atoms with Crippen LogP contribution in [0, 0.1) is 6.92 Å². The van der Waals surface area contributed by atoms with Crippen molar-refractivity contribution >= 4 is 18.0 Å². The molecule has 1 aromatic rings. The molecule has 1 unspecified atom stereocenters. The predicted octanol–water partition coefficient (Wildman–Crippen LogP) is 2.60. The van der Waals surface area contributed by atoms with E-state index < -0.39 is 17.9 Å². The molecule has 106 valence electrons. The number of carbonyl (C=O) groups is 2. The minimum absolute atomic E-state index is 0.279. The van der Waals surface area contributed by atoms with E-state index in [-0.39, 0.29) is 13.2 Å². The van der Waals surface area contributed by atoms with Crippen molar-refractivity contribution in [2.24, 2.45) is 0 Å². The maximum atomic E-state index is 12.1. The van der Waals surface area contributed by atoms with Crippen molar-refractivity contribution in [2.45, 2.75) is 26.7 Å². The lowest BCUT2D eigenvalue weighted by atomic mass is 9.95. The number of esters is 2. The minimum Gasteiger partial charge on any atom is -0.465 e. The van der Waals surface area contributed by atoms with Gasteiger partial charge in [0.05, 0.1) is 18.8 Å². The van der Waals surface area contributed by atoms with Crippen LogP contribution in [0.4, 0.5) is 0 Å². The summed E-state index contributed by atoms with van der Waals surface area (Å²) < 4.78 is 10.1. The van der Waals surface area contributed by atoms with Gasteiger partial charge in [-0.3, -0.25) is 4.79 Å². The van der Waals surface area contributed by atoms with Gasteiger partial charge in [-0.2, -0.15) is 0 Å². The Morgan fingerprint density at radius 2 is 1.85 bits per heavy atom. The van der Waals surface area contributed by atoms with Gasteiger partial charge in [-0.05, 0) is 38.0 Å². The topological polar surface area (TPSA) is 52.6 Å².